The molecule has 0 unspecified atom stereocenters. The molecule has 2 heterocycles. The van der Waals surface area contributed by atoms with E-state index in [9.17, 15) is 4.79 Å². The van der Waals surface area contributed by atoms with Crippen molar-refractivity contribution in [3.8, 4) is 11.5 Å². The van der Waals surface area contributed by atoms with Crippen molar-refractivity contribution in [1.82, 2.24) is 15.1 Å². The first-order valence-corrected chi connectivity index (χ1v) is 10.6. The predicted molar refractivity (Wildman–Crippen MR) is 111 cm³/mol. The van der Waals surface area contributed by atoms with Gasteiger partial charge in [-0.25, -0.2) is 0 Å². The van der Waals surface area contributed by atoms with Crippen molar-refractivity contribution < 1.29 is 9.21 Å². The van der Waals surface area contributed by atoms with Gasteiger partial charge >= 0.3 is 0 Å². The maximum Gasteiger partial charge on any atom is 0.247 e. The van der Waals surface area contributed by atoms with Gasteiger partial charge < -0.3 is 9.32 Å². The lowest BCUT2D eigenvalue weighted by Crippen LogP contribution is -2.37. The lowest BCUT2D eigenvalue weighted by atomic mass is 10.2. The molecule has 0 aliphatic heterocycles. The number of thiophene rings is 1. The number of hydrogen-bond donors (Lipinski definition) is 0. The number of hydrogen-bond acceptors (Lipinski definition) is 5. The molecule has 1 aliphatic rings. The maximum atomic E-state index is 12.9. The normalized spacial score (nSPS) is 14.8. The molecule has 144 valence electrons. The Bertz CT molecular complexity index is 944. The molecule has 0 spiro atoms. The Morgan fingerprint density at radius 1 is 1.21 bits per heavy atom. The molecule has 5 nitrogen and oxygen atoms in total. The number of nitrogens with zero attached hydrogens (tertiary/aromatic N) is 3. The third-order valence-corrected chi connectivity index (χ3v) is 5.94. The summed E-state index contributed by atoms with van der Waals surface area (Å²) in [4.78, 5) is 15.8. The number of carbonyl (C=O) groups is 1. The van der Waals surface area contributed by atoms with Gasteiger partial charge in [-0.1, -0.05) is 30.5 Å². The van der Waals surface area contributed by atoms with Crippen LogP contribution in [0, 0.1) is 0 Å². The fourth-order valence-corrected chi connectivity index (χ4v) is 4.15. The van der Waals surface area contributed by atoms with Crippen LogP contribution in [-0.2, 0) is 11.3 Å². The minimum atomic E-state index is -0.0217. The summed E-state index contributed by atoms with van der Waals surface area (Å²) in [6.45, 7) is 0.318. The summed E-state index contributed by atoms with van der Waals surface area (Å²) in [6, 6.07) is 11.4. The molecule has 1 aromatic carbocycles. The average molecular weight is 414 g/mol. The van der Waals surface area contributed by atoms with Crippen LogP contribution in [0.4, 0.5) is 0 Å². The van der Waals surface area contributed by atoms with Gasteiger partial charge in [-0.3, -0.25) is 4.79 Å². The van der Waals surface area contributed by atoms with E-state index in [1.54, 1.807) is 29.5 Å². The Labute approximate surface area is 172 Å². The first-order valence-electron chi connectivity index (χ1n) is 9.29. The van der Waals surface area contributed by atoms with E-state index < -0.39 is 0 Å². The monoisotopic (exact) mass is 413 g/mol. The Balaban J connectivity index is 1.51. The number of halogens is 1. The van der Waals surface area contributed by atoms with Gasteiger partial charge in [0.15, 0.2) is 0 Å². The fraction of sp³-hybridized carbons (Fsp3) is 0.286. The van der Waals surface area contributed by atoms with Crippen LogP contribution in [0.3, 0.4) is 0 Å². The van der Waals surface area contributed by atoms with E-state index in [1.807, 2.05) is 40.6 Å². The van der Waals surface area contributed by atoms with Crippen molar-refractivity contribution in [3.05, 3.63) is 63.6 Å². The highest BCUT2D eigenvalue weighted by atomic mass is 35.5. The number of aromatic nitrogens is 2. The second-order valence-electron chi connectivity index (χ2n) is 6.76. The van der Waals surface area contributed by atoms with Crippen molar-refractivity contribution in [1.29, 1.82) is 0 Å². The number of amides is 1. The van der Waals surface area contributed by atoms with Crippen molar-refractivity contribution in [2.75, 3.05) is 0 Å². The fourth-order valence-electron chi connectivity index (χ4n) is 3.41. The number of benzene rings is 1. The van der Waals surface area contributed by atoms with Gasteiger partial charge in [0.1, 0.15) is 0 Å². The van der Waals surface area contributed by atoms with Crippen LogP contribution >= 0.6 is 22.9 Å². The highest BCUT2D eigenvalue weighted by Gasteiger charge is 2.27. The van der Waals surface area contributed by atoms with Gasteiger partial charge in [-0.05, 0) is 54.6 Å². The summed E-state index contributed by atoms with van der Waals surface area (Å²) in [7, 11) is 0. The molecule has 1 saturated carbocycles. The van der Waals surface area contributed by atoms with E-state index in [0.717, 1.165) is 36.1 Å². The maximum absolute atomic E-state index is 12.9. The summed E-state index contributed by atoms with van der Waals surface area (Å²) in [6.07, 6.45) is 7.81. The Kier molecular flexibility index (Phi) is 5.88. The Morgan fingerprint density at radius 3 is 2.71 bits per heavy atom. The number of rotatable bonds is 6. The second kappa shape index (κ2) is 8.71. The van der Waals surface area contributed by atoms with Crippen molar-refractivity contribution in [2.45, 2.75) is 38.3 Å². The first kappa shape index (κ1) is 18.9. The van der Waals surface area contributed by atoms with E-state index >= 15 is 0 Å². The molecule has 1 aliphatic carbocycles. The molecule has 1 fully saturated rings. The molecule has 0 N–H and O–H groups in total. The third kappa shape index (κ3) is 4.51. The minimum Gasteiger partial charge on any atom is -0.419 e. The highest BCUT2D eigenvalue weighted by molar-refractivity contribution is 7.10. The van der Waals surface area contributed by atoms with Gasteiger partial charge in [-0.2, -0.15) is 0 Å². The van der Waals surface area contributed by atoms with E-state index in [1.165, 1.54) is 0 Å². The summed E-state index contributed by atoms with van der Waals surface area (Å²) >= 11 is 7.54. The van der Waals surface area contributed by atoms with Crippen molar-refractivity contribution in [3.63, 3.8) is 0 Å². The second-order valence-corrected chi connectivity index (χ2v) is 8.18. The average Bonchev–Trinajstić information content (AvgIpc) is 3.47. The van der Waals surface area contributed by atoms with Gasteiger partial charge in [0.05, 0.1) is 6.54 Å². The van der Waals surface area contributed by atoms with Gasteiger partial charge in [0.25, 0.3) is 0 Å². The van der Waals surface area contributed by atoms with E-state index in [4.69, 9.17) is 16.0 Å². The summed E-state index contributed by atoms with van der Waals surface area (Å²) < 4.78 is 5.82. The Hall–Kier alpha value is -2.44. The van der Waals surface area contributed by atoms with Crippen molar-refractivity contribution in [2.24, 2.45) is 0 Å². The van der Waals surface area contributed by atoms with Crippen LogP contribution in [0.25, 0.3) is 17.5 Å². The third-order valence-electron chi connectivity index (χ3n) is 4.85. The highest BCUT2D eigenvalue weighted by Crippen LogP contribution is 2.26. The summed E-state index contributed by atoms with van der Waals surface area (Å²) in [5.74, 6) is 0.848. The first-order chi connectivity index (χ1) is 13.7. The summed E-state index contributed by atoms with van der Waals surface area (Å²) in [5, 5.41) is 10.9. The molecule has 3 aromatic rings. The van der Waals surface area contributed by atoms with Crippen LogP contribution < -0.4 is 0 Å². The smallest absolute Gasteiger partial charge is 0.247 e. The standard InChI is InChI=1S/C21H20ClN3O2S/c22-16-9-7-15(8-10-16)21-24-23-19(27-21)14-25(17-4-1-2-5-17)20(26)12-11-18-6-3-13-28-18/h3,6-13,17H,1-2,4-5,14H2/b12-11+. The van der Waals surface area contributed by atoms with E-state index in [0.29, 0.717) is 23.3 Å². The lowest BCUT2D eigenvalue weighted by Gasteiger charge is -2.26. The zero-order valence-corrected chi connectivity index (χ0v) is 16.8. The largest absolute Gasteiger partial charge is 0.419 e. The summed E-state index contributed by atoms with van der Waals surface area (Å²) in [5.41, 5.74) is 0.805. The molecular weight excluding hydrogens is 394 g/mol. The molecule has 0 atom stereocenters. The molecule has 0 saturated heterocycles. The van der Waals surface area contributed by atoms with Crippen LogP contribution in [0.2, 0.25) is 5.02 Å². The number of carbonyl (C=O) groups excluding carboxylic acids is 1. The topological polar surface area (TPSA) is 59.2 Å². The Morgan fingerprint density at radius 2 is 2.00 bits per heavy atom. The zero-order valence-electron chi connectivity index (χ0n) is 15.3. The molecular formula is C21H20ClN3O2S. The van der Waals surface area contributed by atoms with Crippen LogP contribution in [-0.4, -0.2) is 27.0 Å². The molecule has 0 radical (unpaired) electrons. The van der Waals surface area contributed by atoms with Gasteiger partial charge in [-0.15, -0.1) is 21.5 Å². The van der Waals surface area contributed by atoms with Crippen LogP contribution in [0.1, 0.15) is 36.5 Å². The molecule has 4 rings (SSSR count). The predicted octanol–water partition coefficient (Wildman–Crippen LogP) is 5.44. The van der Waals surface area contributed by atoms with Gasteiger partial charge in [0.2, 0.25) is 17.7 Å². The molecule has 1 amide bonds. The van der Waals surface area contributed by atoms with Crippen LogP contribution in [0.5, 0.6) is 0 Å². The molecule has 7 heteroatoms. The quantitative estimate of drug-likeness (QED) is 0.505. The van der Waals surface area contributed by atoms with E-state index in [-0.39, 0.29) is 11.9 Å². The van der Waals surface area contributed by atoms with Gasteiger partial charge in [0, 0.05) is 27.6 Å². The zero-order chi connectivity index (χ0) is 19.3. The molecule has 0 bridgehead atoms. The lowest BCUT2D eigenvalue weighted by molar-refractivity contribution is -0.129. The molecule has 2 aromatic heterocycles. The van der Waals surface area contributed by atoms with E-state index in [2.05, 4.69) is 10.2 Å². The SMILES string of the molecule is O=C(/C=C/c1cccs1)N(Cc1nnc(-c2ccc(Cl)cc2)o1)C1CCCC1. The van der Waals surface area contributed by atoms with Crippen molar-refractivity contribution >= 4 is 34.9 Å². The minimum absolute atomic E-state index is 0.0217. The molecule has 28 heavy (non-hydrogen) atoms. The van der Waals surface area contributed by atoms with Crippen LogP contribution in [0.15, 0.2) is 52.3 Å².